The standard InChI is InChI=1S/C17H22Cl2N4O.ClH/c1-11-14(10-17(24)21-8-4-7-20-3)12(2)23(22-11)13-5-6-15(18)16(19)9-13;/h5-6,9,20H,4,7-8,10H2,1-3H3,(H,21,24);1H. The first-order valence-electron chi connectivity index (χ1n) is 7.86. The zero-order valence-corrected chi connectivity index (χ0v) is 16.9. The minimum Gasteiger partial charge on any atom is -0.356 e. The van der Waals surface area contributed by atoms with Crippen LogP contribution in [-0.2, 0) is 11.2 Å². The SMILES string of the molecule is CNCCCNC(=O)Cc1c(C)nn(-c2ccc(Cl)c(Cl)c2)c1C.Cl. The maximum atomic E-state index is 12.1. The molecule has 1 amide bonds. The monoisotopic (exact) mass is 404 g/mol. The van der Waals surface area contributed by atoms with Crippen molar-refractivity contribution in [1.82, 2.24) is 20.4 Å². The fourth-order valence-corrected chi connectivity index (χ4v) is 2.81. The first-order valence-corrected chi connectivity index (χ1v) is 8.61. The molecule has 0 bridgehead atoms. The maximum Gasteiger partial charge on any atom is 0.224 e. The summed E-state index contributed by atoms with van der Waals surface area (Å²) in [6.07, 6.45) is 1.22. The highest BCUT2D eigenvalue weighted by molar-refractivity contribution is 6.42. The van der Waals surface area contributed by atoms with E-state index in [2.05, 4.69) is 15.7 Å². The minimum absolute atomic E-state index is 0. The van der Waals surface area contributed by atoms with Crippen LogP contribution in [0.4, 0.5) is 0 Å². The third kappa shape index (κ3) is 5.61. The summed E-state index contributed by atoms with van der Waals surface area (Å²) in [6.45, 7) is 5.41. The van der Waals surface area contributed by atoms with E-state index >= 15 is 0 Å². The number of amides is 1. The fraction of sp³-hybridized carbons (Fsp3) is 0.412. The van der Waals surface area contributed by atoms with Crippen LogP contribution in [0.15, 0.2) is 18.2 Å². The zero-order chi connectivity index (χ0) is 17.7. The Morgan fingerprint density at radius 3 is 2.56 bits per heavy atom. The molecule has 5 nitrogen and oxygen atoms in total. The second-order valence-corrected chi connectivity index (χ2v) is 6.46. The lowest BCUT2D eigenvalue weighted by atomic mass is 10.1. The molecule has 0 fully saturated rings. The number of halogens is 3. The summed E-state index contributed by atoms with van der Waals surface area (Å²) in [5.41, 5.74) is 3.53. The number of benzene rings is 1. The molecule has 0 spiro atoms. The summed E-state index contributed by atoms with van der Waals surface area (Å²) in [5.74, 6) is 0.00555. The average molecular weight is 406 g/mol. The largest absolute Gasteiger partial charge is 0.356 e. The van der Waals surface area contributed by atoms with Crippen molar-refractivity contribution in [3.8, 4) is 5.69 Å². The van der Waals surface area contributed by atoms with Crippen molar-refractivity contribution >= 4 is 41.5 Å². The Labute approximate surface area is 164 Å². The van der Waals surface area contributed by atoms with Crippen molar-refractivity contribution in [2.24, 2.45) is 0 Å². The molecule has 0 saturated carbocycles. The van der Waals surface area contributed by atoms with E-state index in [0.717, 1.165) is 35.6 Å². The minimum atomic E-state index is 0. The van der Waals surface area contributed by atoms with E-state index in [1.54, 1.807) is 16.8 Å². The van der Waals surface area contributed by atoms with Gasteiger partial charge in [0.25, 0.3) is 0 Å². The van der Waals surface area contributed by atoms with Gasteiger partial charge in [-0.25, -0.2) is 4.68 Å². The molecule has 1 aromatic carbocycles. The first kappa shape index (κ1) is 21.8. The van der Waals surface area contributed by atoms with Crippen LogP contribution in [0.5, 0.6) is 0 Å². The van der Waals surface area contributed by atoms with Gasteiger partial charge in [-0.1, -0.05) is 23.2 Å². The van der Waals surface area contributed by atoms with E-state index in [0.29, 0.717) is 23.0 Å². The molecular formula is C17H23Cl3N4O. The van der Waals surface area contributed by atoms with E-state index in [1.165, 1.54) is 0 Å². The smallest absolute Gasteiger partial charge is 0.224 e. The van der Waals surface area contributed by atoms with Crippen LogP contribution < -0.4 is 10.6 Å². The zero-order valence-electron chi connectivity index (χ0n) is 14.5. The second-order valence-electron chi connectivity index (χ2n) is 5.64. The highest BCUT2D eigenvalue weighted by atomic mass is 35.5. The van der Waals surface area contributed by atoms with E-state index in [9.17, 15) is 4.79 Å². The van der Waals surface area contributed by atoms with Gasteiger partial charge in [-0.2, -0.15) is 5.10 Å². The van der Waals surface area contributed by atoms with Crippen LogP contribution >= 0.6 is 35.6 Å². The van der Waals surface area contributed by atoms with Crippen LogP contribution in [0.25, 0.3) is 5.69 Å². The number of aromatic nitrogens is 2. The van der Waals surface area contributed by atoms with Crippen molar-refractivity contribution < 1.29 is 4.79 Å². The number of hydrogen-bond acceptors (Lipinski definition) is 3. The van der Waals surface area contributed by atoms with Crippen LogP contribution in [-0.4, -0.2) is 35.8 Å². The molecule has 0 unspecified atom stereocenters. The normalized spacial score (nSPS) is 10.4. The van der Waals surface area contributed by atoms with Gasteiger partial charge >= 0.3 is 0 Å². The summed E-state index contributed by atoms with van der Waals surface area (Å²) in [5, 5.41) is 11.5. The Hall–Kier alpha value is -1.27. The van der Waals surface area contributed by atoms with Crippen LogP contribution in [0, 0.1) is 13.8 Å². The van der Waals surface area contributed by atoms with Gasteiger partial charge in [0.05, 0.1) is 27.8 Å². The molecule has 1 aromatic heterocycles. The number of aryl methyl sites for hydroxylation is 1. The topological polar surface area (TPSA) is 58.9 Å². The van der Waals surface area contributed by atoms with Gasteiger partial charge in [0, 0.05) is 17.8 Å². The average Bonchev–Trinajstić information content (AvgIpc) is 2.82. The highest BCUT2D eigenvalue weighted by Crippen LogP contribution is 2.26. The van der Waals surface area contributed by atoms with Gasteiger partial charge in [-0.15, -0.1) is 12.4 Å². The fourth-order valence-electron chi connectivity index (χ4n) is 2.52. The van der Waals surface area contributed by atoms with Crippen LogP contribution in [0.1, 0.15) is 23.4 Å². The van der Waals surface area contributed by atoms with Gasteiger partial charge in [0.1, 0.15) is 0 Å². The molecule has 2 rings (SSSR count). The summed E-state index contributed by atoms with van der Waals surface area (Å²) < 4.78 is 1.79. The Bertz CT molecular complexity index is 731. The number of carbonyl (C=O) groups excluding carboxylic acids is 1. The van der Waals surface area contributed by atoms with E-state index in [-0.39, 0.29) is 18.3 Å². The van der Waals surface area contributed by atoms with Gasteiger partial charge in [0.2, 0.25) is 5.91 Å². The van der Waals surface area contributed by atoms with Crippen LogP contribution in [0.3, 0.4) is 0 Å². The van der Waals surface area contributed by atoms with Gasteiger partial charge in [0.15, 0.2) is 0 Å². The third-order valence-electron chi connectivity index (χ3n) is 3.85. The van der Waals surface area contributed by atoms with Crippen molar-refractivity contribution in [3.05, 3.63) is 45.2 Å². The summed E-state index contributed by atoms with van der Waals surface area (Å²) in [6, 6.07) is 5.37. The molecule has 8 heteroatoms. The molecule has 138 valence electrons. The van der Waals surface area contributed by atoms with E-state index < -0.39 is 0 Å². The van der Waals surface area contributed by atoms with E-state index in [4.69, 9.17) is 23.2 Å². The second kappa shape index (κ2) is 10.0. The van der Waals surface area contributed by atoms with Gasteiger partial charge < -0.3 is 10.6 Å². The van der Waals surface area contributed by atoms with Crippen molar-refractivity contribution in [1.29, 1.82) is 0 Å². The summed E-state index contributed by atoms with van der Waals surface area (Å²) in [4.78, 5) is 12.1. The predicted molar refractivity (Wildman–Crippen MR) is 106 cm³/mol. The molecule has 0 atom stereocenters. The lowest BCUT2D eigenvalue weighted by Gasteiger charge is -2.07. The molecule has 0 aliphatic rings. The molecule has 1 heterocycles. The molecule has 0 aliphatic heterocycles. The van der Waals surface area contributed by atoms with Gasteiger partial charge in [-0.3, -0.25) is 4.79 Å². The Morgan fingerprint density at radius 1 is 1.20 bits per heavy atom. The van der Waals surface area contributed by atoms with Crippen LogP contribution in [0.2, 0.25) is 10.0 Å². The molecule has 2 N–H and O–H groups in total. The Morgan fingerprint density at radius 2 is 1.92 bits per heavy atom. The summed E-state index contributed by atoms with van der Waals surface area (Å²) >= 11 is 12.1. The molecule has 25 heavy (non-hydrogen) atoms. The number of nitrogens with zero attached hydrogens (tertiary/aromatic N) is 2. The molecule has 0 aliphatic carbocycles. The molecule has 0 radical (unpaired) electrons. The summed E-state index contributed by atoms with van der Waals surface area (Å²) in [7, 11) is 1.89. The number of nitrogens with one attached hydrogen (secondary N) is 2. The first-order chi connectivity index (χ1) is 11.4. The molecule has 2 aromatic rings. The lowest BCUT2D eigenvalue weighted by Crippen LogP contribution is -2.28. The van der Waals surface area contributed by atoms with Gasteiger partial charge in [-0.05, 0) is 52.1 Å². The maximum absolute atomic E-state index is 12.1. The molecular weight excluding hydrogens is 383 g/mol. The lowest BCUT2D eigenvalue weighted by molar-refractivity contribution is -0.120. The quantitative estimate of drug-likeness (QED) is 0.693. The van der Waals surface area contributed by atoms with Crippen molar-refractivity contribution in [2.45, 2.75) is 26.7 Å². The third-order valence-corrected chi connectivity index (χ3v) is 4.59. The highest BCUT2D eigenvalue weighted by Gasteiger charge is 2.16. The number of rotatable bonds is 7. The predicted octanol–water partition coefficient (Wildman–Crippen LogP) is 3.49. The Balaban J connectivity index is 0.00000312. The van der Waals surface area contributed by atoms with Crippen molar-refractivity contribution in [2.75, 3.05) is 20.1 Å². The van der Waals surface area contributed by atoms with Crippen molar-refractivity contribution in [3.63, 3.8) is 0 Å². The Kier molecular flexibility index (Phi) is 8.73. The van der Waals surface area contributed by atoms with E-state index in [1.807, 2.05) is 27.0 Å². The number of carbonyl (C=O) groups is 1. The molecule has 0 saturated heterocycles. The number of hydrogen-bond donors (Lipinski definition) is 2.